The molecule has 0 saturated carbocycles. The molecule has 254 valence electrons. The van der Waals surface area contributed by atoms with E-state index in [0.29, 0.717) is 5.82 Å². The summed E-state index contributed by atoms with van der Waals surface area (Å²) >= 11 is 0. The van der Waals surface area contributed by atoms with Crippen molar-refractivity contribution in [3.05, 3.63) is 203 Å². The van der Waals surface area contributed by atoms with Gasteiger partial charge in [0.25, 0.3) is 0 Å². The fourth-order valence-electron chi connectivity index (χ4n) is 8.40. The van der Waals surface area contributed by atoms with Crippen LogP contribution < -0.4 is 0 Å². The molecule has 0 atom stereocenters. The molecule has 0 saturated heterocycles. The maximum absolute atomic E-state index is 4.66. The molecule has 0 aliphatic heterocycles. The van der Waals surface area contributed by atoms with E-state index >= 15 is 0 Å². The van der Waals surface area contributed by atoms with Crippen LogP contribution in [0.2, 0.25) is 0 Å². The van der Waals surface area contributed by atoms with Crippen molar-refractivity contribution in [2.75, 3.05) is 0 Å². The van der Waals surface area contributed by atoms with Crippen LogP contribution in [0, 0.1) is 27.7 Å². The number of rotatable bonds is 6. The molecule has 4 nitrogen and oxygen atoms in total. The van der Waals surface area contributed by atoms with Crippen LogP contribution in [0.15, 0.2) is 158 Å². The summed E-state index contributed by atoms with van der Waals surface area (Å²) in [7, 11) is 0. The van der Waals surface area contributed by atoms with Crippen molar-refractivity contribution < 1.29 is 0 Å². The van der Waals surface area contributed by atoms with Gasteiger partial charge >= 0.3 is 0 Å². The third kappa shape index (κ3) is 5.46. The van der Waals surface area contributed by atoms with Gasteiger partial charge < -0.3 is 0 Å². The van der Waals surface area contributed by atoms with Gasteiger partial charge in [0.2, 0.25) is 0 Å². The van der Waals surface area contributed by atoms with Crippen LogP contribution in [0.3, 0.4) is 0 Å². The molecule has 1 aliphatic rings. The van der Waals surface area contributed by atoms with E-state index in [4.69, 9.17) is 0 Å². The number of aromatic nitrogens is 4. The number of fused-ring (bicyclic) bond motifs is 3. The van der Waals surface area contributed by atoms with Crippen molar-refractivity contribution >= 4 is 0 Å². The van der Waals surface area contributed by atoms with Crippen molar-refractivity contribution in [2.45, 2.75) is 33.1 Å². The molecular weight excluding hydrogens is 645 g/mol. The highest BCUT2D eigenvalue weighted by Crippen LogP contribution is 2.56. The second-order valence-corrected chi connectivity index (χ2v) is 14.0. The van der Waals surface area contributed by atoms with Gasteiger partial charge in [0.1, 0.15) is 11.6 Å². The zero-order valence-corrected chi connectivity index (χ0v) is 30.3. The Balaban J connectivity index is 1.22. The van der Waals surface area contributed by atoms with Crippen LogP contribution in [0.4, 0.5) is 0 Å². The molecule has 4 heteroatoms. The van der Waals surface area contributed by atoms with E-state index in [2.05, 4.69) is 179 Å². The summed E-state index contributed by atoms with van der Waals surface area (Å²) in [6.45, 7) is 8.03. The lowest BCUT2D eigenvalue weighted by molar-refractivity contribution is 0.769. The Morgan fingerprint density at radius 3 is 1.53 bits per heavy atom. The normalized spacial score (nSPS) is 12.7. The number of hydrogen-bond acceptors (Lipinski definition) is 4. The molecule has 1 aliphatic carbocycles. The van der Waals surface area contributed by atoms with Gasteiger partial charge in [-0.05, 0) is 113 Å². The first-order valence-electron chi connectivity index (χ1n) is 18.1. The third-order valence-electron chi connectivity index (χ3n) is 10.7. The minimum atomic E-state index is -0.544. The lowest BCUT2D eigenvalue weighted by atomic mass is 9.67. The van der Waals surface area contributed by atoms with Gasteiger partial charge in [0, 0.05) is 23.0 Å². The monoisotopic (exact) mass is 682 g/mol. The Morgan fingerprint density at radius 1 is 0.396 bits per heavy atom. The van der Waals surface area contributed by atoms with Crippen LogP contribution in [0.25, 0.3) is 55.9 Å². The summed E-state index contributed by atoms with van der Waals surface area (Å²) in [5, 5.41) is 0. The Morgan fingerprint density at radius 2 is 0.925 bits per heavy atom. The largest absolute Gasteiger partial charge is 0.261 e. The predicted molar refractivity (Wildman–Crippen MR) is 216 cm³/mol. The SMILES string of the molecule is Cc1cc(C)c(-c2cccc(-c3ccccc3-c3cccc(C4(c5ccc(-c6nc(C)nc(C)n6)cc5)c5ccccc5-c5ccccc54)c3)c2)cn1. The topological polar surface area (TPSA) is 51.6 Å². The van der Waals surface area contributed by atoms with Gasteiger partial charge in [0.15, 0.2) is 5.82 Å². The fourth-order valence-corrected chi connectivity index (χ4v) is 8.40. The molecule has 0 spiro atoms. The highest BCUT2D eigenvalue weighted by atomic mass is 15.0. The van der Waals surface area contributed by atoms with E-state index < -0.39 is 5.41 Å². The second kappa shape index (κ2) is 12.9. The molecule has 0 bridgehead atoms. The summed E-state index contributed by atoms with van der Waals surface area (Å²) in [6.07, 6.45) is 1.99. The quantitative estimate of drug-likeness (QED) is 0.175. The zero-order valence-electron chi connectivity index (χ0n) is 30.3. The van der Waals surface area contributed by atoms with Gasteiger partial charge in [0.05, 0.1) is 5.41 Å². The van der Waals surface area contributed by atoms with Crippen LogP contribution in [-0.2, 0) is 5.41 Å². The first-order valence-corrected chi connectivity index (χ1v) is 18.1. The molecule has 9 rings (SSSR count). The summed E-state index contributed by atoms with van der Waals surface area (Å²) < 4.78 is 0. The van der Waals surface area contributed by atoms with Crippen LogP contribution >= 0.6 is 0 Å². The van der Waals surface area contributed by atoms with Crippen LogP contribution in [0.1, 0.15) is 45.2 Å². The minimum Gasteiger partial charge on any atom is -0.261 e. The number of nitrogens with zero attached hydrogens (tertiary/aromatic N) is 4. The van der Waals surface area contributed by atoms with Gasteiger partial charge in [-0.3, -0.25) is 4.98 Å². The van der Waals surface area contributed by atoms with Gasteiger partial charge in [-0.25, -0.2) is 15.0 Å². The molecule has 2 aromatic heterocycles. The molecule has 6 aromatic carbocycles. The van der Waals surface area contributed by atoms with E-state index in [1.165, 1.54) is 66.8 Å². The predicted octanol–water partition coefficient (Wildman–Crippen LogP) is 11.5. The second-order valence-electron chi connectivity index (χ2n) is 14.0. The summed E-state index contributed by atoms with van der Waals surface area (Å²) in [5.74, 6) is 2.13. The molecule has 8 aromatic rings. The Bertz CT molecular complexity index is 2610. The first kappa shape index (κ1) is 32.4. The minimum absolute atomic E-state index is 0.544. The number of hydrogen-bond donors (Lipinski definition) is 0. The summed E-state index contributed by atoms with van der Waals surface area (Å²) in [5.41, 5.74) is 17.2. The van der Waals surface area contributed by atoms with Crippen LogP contribution in [-0.4, -0.2) is 19.9 Å². The van der Waals surface area contributed by atoms with Crippen molar-refractivity contribution in [3.8, 4) is 55.9 Å². The summed E-state index contributed by atoms with van der Waals surface area (Å²) in [6, 6.07) is 55.5. The van der Waals surface area contributed by atoms with E-state index in [-0.39, 0.29) is 0 Å². The van der Waals surface area contributed by atoms with Crippen molar-refractivity contribution in [3.63, 3.8) is 0 Å². The van der Waals surface area contributed by atoms with E-state index in [9.17, 15) is 0 Å². The van der Waals surface area contributed by atoms with Gasteiger partial charge in [-0.1, -0.05) is 133 Å². The molecular formula is C49H38N4. The molecule has 0 N–H and O–H groups in total. The van der Waals surface area contributed by atoms with Gasteiger partial charge in [-0.15, -0.1) is 0 Å². The molecule has 0 unspecified atom stereocenters. The lowest BCUT2D eigenvalue weighted by Crippen LogP contribution is -2.28. The Kier molecular flexibility index (Phi) is 7.89. The highest BCUT2D eigenvalue weighted by molar-refractivity contribution is 5.89. The van der Waals surface area contributed by atoms with Crippen molar-refractivity contribution in [1.29, 1.82) is 0 Å². The molecule has 2 heterocycles. The average molecular weight is 683 g/mol. The molecule has 53 heavy (non-hydrogen) atoms. The third-order valence-corrected chi connectivity index (χ3v) is 10.7. The average Bonchev–Trinajstić information content (AvgIpc) is 3.49. The maximum Gasteiger partial charge on any atom is 0.163 e. The van der Waals surface area contributed by atoms with E-state index in [1.807, 2.05) is 27.0 Å². The highest BCUT2D eigenvalue weighted by Gasteiger charge is 2.46. The van der Waals surface area contributed by atoms with Crippen molar-refractivity contribution in [1.82, 2.24) is 19.9 Å². The molecule has 0 radical (unpaired) electrons. The molecule has 0 amide bonds. The lowest BCUT2D eigenvalue weighted by Gasteiger charge is -2.34. The number of aryl methyl sites for hydroxylation is 4. The standard InChI is InChI=1S/C49H38N4/c1-31-27-32(2)50-30-45(31)37-14-11-13-36(28-37)41-17-5-6-18-42(41)38-15-12-16-40(29-38)49(46-21-9-7-19-43(46)44-20-8-10-22-47(44)49)39-25-23-35(24-26-39)48-52-33(3)51-34(4)53-48/h5-30H,1-4H3. The Hall–Kier alpha value is -6.52. The van der Waals surface area contributed by atoms with E-state index in [0.717, 1.165) is 28.5 Å². The fraction of sp³-hybridized carbons (Fsp3) is 0.102. The number of pyridine rings is 1. The summed E-state index contributed by atoms with van der Waals surface area (Å²) in [4.78, 5) is 18.3. The van der Waals surface area contributed by atoms with Gasteiger partial charge in [-0.2, -0.15) is 0 Å². The number of benzene rings is 6. The smallest absolute Gasteiger partial charge is 0.163 e. The molecule has 0 fully saturated rings. The zero-order chi connectivity index (χ0) is 36.1. The Labute approximate surface area is 311 Å². The maximum atomic E-state index is 4.66. The van der Waals surface area contributed by atoms with Crippen molar-refractivity contribution in [2.24, 2.45) is 0 Å². The van der Waals surface area contributed by atoms with Crippen LogP contribution in [0.5, 0.6) is 0 Å². The van der Waals surface area contributed by atoms with E-state index in [1.54, 1.807) is 0 Å². The first-order chi connectivity index (χ1) is 25.9.